The molecule has 5 nitrogen and oxygen atoms in total. The first-order chi connectivity index (χ1) is 13.1. The largest absolute Gasteiger partial charge is 0.379 e. The Labute approximate surface area is 186 Å². The van der Waals surface area contributed by atoms with Crippen LogP contribution in [0.5, 0.6) is 0 Å². The number of nitrogens with two attached hydrogens (primary N) is 1. The maximum Gasteiger partial charge on any atom is 0.227 e. The summed E-state index contributed by atoms with van der Waals surface area (Å²) >= 11 is 0. The van der Waals surface area contributed by atoms with Crippen LogP contribution in [0.25, 0.3) is 0 Å². The van der Waals surface area contributed by atoms with Crippen LogP contribution in [0.1, 0.15) is 43.2 Å². The molecule has 2 unspecified atom stereocenters. The van der Waals surface area contributed by atoms with Gasteiger partial charge in [-0.05, 0) is 61.6 Å². The van der Waals surface area contributed by atoms with Crippen LogP contribution >= 0.6 is 24.8 Å². The maximum atomic E-state index is 13.0. The van der Waals surface area contributed by atoms with Crippen LogP contribution in [0.3, 0.4) is 0 Å². The van der Waals surface area contributed by atoms with Gasteiger partial charge in [-0.25, -0.2) is 0 Å². The predicted molar refractivity (Wildman–Crippen MR) is 122 cm³/mol. The molecular formula is C22H35Cl2N3O2. The molecule has 2 saturated carbocycles. The molecule has 1 aliphatic heterocycles. The lowest BCUT2D eigenvalue weighted by Gasteiger charge is -2.43. The zero-order chi connectivity index (χ0) is 18.8. The van der Waals surface area contributed by atoms with Gasteiger partial charge in [0.1, 0.15) is 0 Å². The summed E-state index contributed by atoms with van der Waals surface area (Å²) in [6.45, 7) is 6.54. The summed E-state index contributed by atoms with van der Waals surface area (Å²) in [5, 5.41) is 3.24. The van der Waals surface area contributed by atoms with Gasteiger partial charge >= 0.3 is 0 Å². The van der Waals surface area contributed by atoms with E-state index in [9.17, 15) is 4.79 Å². The number of morpholine rings is 1. The van der Waals surface area contributed by atoms with E-state index in [1.165, 1.54) is 24.8 Å². The van der Waals surface area contributed by atoms with Gasteiger partial charge in [0.25, 0.3) is 0 Å². The second-order valence-corrected chi connectivity index (χ2v) is 8.72. The first-order valence-corrected chi connectivity index (χ1v) is 10.6. The number of ether oxygens (including phenoxy) is 1. The highest BCUT2D eigenvalue weighted by Gasteiger charge is 2.40. The van der Waals surface area contributed by atoms with E-state index < -0.39 is 0 Å². The van der Waals surface area contributed by atoms with Crippen LogP contribution in [0.2, 0.25) is 0 Å². The minimum atomic E-state index is 0. The Morgan fingerprint density at radius 1 is 1.17 bits per heavy atom. The van der Waals surface area contributed by atoms with Crippen molar-refractivity contribution in [3.05, 3.63) is 29.3 Å². The molecule has 2 aliphatic carbocycles. The molecule has 2 bridgehead atoms. The third-order valence-corrected chi connectivity index (χ3v) is 6.85. The number of anilines is 1. The number of benzene rings is 1. The fraction of sp³-hybridized carbons (Fsp3) is 0.682. The Kier molecular flexibility index (Phi) is 9.23. The molecule has 0 spiro atoms. The minimum Gasteiger partial charge on any atom is -0.379 e. The number of rotatable bonds is 4. The van der Waals surface area contributed by atoms with Crippen molar-refractivity contribution in [3.63, 3.8) is 0 Å². The van der Waals surface area contributed by atoms with E-state index in [4.69, 9.17) is 10.5 Å². The van der Waals surface area contributed by atoms with E-state index in [1.54, 1.807) is 0 Å². The van der Waals surface area contributed by atoms with Gasteiger partial charge in [0.2, 0.25) is 5.91 Å². The average molecular weight is 444 g/mol. The first-order valence-electron chi connectivity index (χ1n) is 10.6. The van der Waals surface area contributed by atoms with Crippen molar-refractivity contribution in [2.75, 3.05) is 31.6 Å². The highest BCUT2D eigenvalue weighted by Crippen LogP contribution is 2.42. The summed E-state index contributed by atoms with van der Waals surface area (Å²) in [5.74, 6) is 1.36. The number of carbonyl (C=O) groups excluding carboxylic acids is 1. The van der Waals surface area contributed by atoms with Gasteiger partial charge in [-0.3, -0.25) is 9.69 Å². The van der Waals surface area contributed by atoms with E-state index in [1.807, 2.05) is 0 Å². The molecule has 1 aromatic carbocycles. The molecule has 7 heteroatoms. The summed E-state index contributed by atoms with van der Waals surface area (Å²) < 4.78 is 5.43. The zero-order valence-electron chi connectivity index (χ0n) is 17.3. The molecule has 1 amide bonds. The van der Waals surface area contributed by atoms with Gasteiger partial charge in [0, 0.05) is 37.3 Å². The number of amides is 1. The molecule has 3 aliphatic rings. The summed E-state index contributed by atoms with van der Waals surface area (Å²) in [7, 11) is 0. The third kappa shape index (κ3) is 5.86. The third-order valence-electron chi connectivity index (χ3n) is 6.85. The fourth-order valence-electron chi connectivity index (χ4n) is 5.16. The smallest absolute Gasteiger partial charge is 0.227 e. The standard InChI is InChI=1S/C22H33N3O2.2ClH/c1-15-5-6-16(14-25-7-9-27-10-8-25)11-20(15)24-22(26)19-12-17-3-2-4-18(13-19)21(17)23;;/h5-6,11,17-19,21H,2-4,7-10,12-14,23H2,1H3,(H,24,26);2*1H. The number of hydrogen-bond donors (Lipinski definition) is 2. The SMILES string of the molecule is Cc1ccc(CN2CCOCC2)cc1NC(=O)C1CC2CCCC(C1)C2N.Cl.Cl. The van der Waals surface area contributed by atoms with Crippen molar-refractivity contribution in [1.82, 2.24) is 4.90 Å². The van der Waals surface area contributed by atoms with E-state index in [0.717, 1.165) is 56.9 Å². The Hall–Kier alpha value is -0.850. The Bertz CT molecular complexity index is 668. The number of carbonyl (C=O) groups is 1. The molecular weight excluding hydrogens is 409 g/mol. The topological polar surface area (TPSA) is 67.6 Å². The van der Waals surface area contributed by atoms with Crippen LogP contribution in [0.15, 0.2) is 18.2 Å². The van der Waals surface area contributed by atoms with Crippen LogP contribution < -0.4 is 11.1 Å². The highest BCUT2D eigenvalue weighted by atomic mass is 35.5. The van der Waals surface area contributed by atoms with Crippen molar-refractivity contribution >= 4 is 36.4 Å². The average Bonchev–Trinajstić information content (AvgIpc) is 2.65. The first kappa shape index (κ1) is 24.4. The van der Waals surface area contributed by atoms with Crippen LogP contribution in [0.4, 0.5) is 5.69 Å². The molecule has 1 aromatic rings. The second-order valence-electron chi connectivity index (χ2n) is 8.72. The van der Waals surface area contributed by atoms with Crippen molar-refractivity contribution in [2.24, 2.45) is 23.5 Å². The highest BCUT2D eigenvalue weighted by molar-refractivity contribution is 5.93. The molecule has 1 heterocycles. The lowest BCUT2D eigenvalue weighted by Crippen LogP contribution is -2.48. The number of nitrogens with zero attached hydrogens (tertiary/aromatic N) is 1. The van der Waals surface area contributed by atoms with E-state index in [2.05, 4.69) is 35.3 Å². The number of fused-ring (bicyclic) bond motifs is 2. The van der Waals surface area contributed by atoms with E-state index in [0.29, 0.717) is 17.9 Å². The summed E-state index contributed by atoms with van der Waals surface area (Å²) in [6, 6.07) is 6.75. The van der Waals surface area contributed by atoms with Gasteiger partial charge in [0.05, 0.1) is 13.2 Å². The number of aryl methyl sites for hydroxylation is 1. The minimum absolute atomic E-state index is 0. The van der Waals surface area contributed by atoms with Gasteiger partial charge in [0.15, 0.2) is 0 Å². The van der Waals surface area contributed by atoms with Gasteiger partial charge in [-0.2, -0.15) is 0 Å². The molecule has 164 valence electrons. The Morgan fingerprint density at radius 3 is 2.48 bits per heavy atom. The predicted octanol–water partition coefficient (Wildman–Crippen LogP) is 3.76. The molecule has 2 atom stereocenters. The number of hydrogen-bond acceptors (Lipinski definition) is 4. The second kappa shape index (κ2) is 11.0. The van der Waals surface area contributed by atoms with E-state index >= 15 is 0 Å². The number of nitrogens with one attached hydrogen (secondary N) is 1. The van der Waals surface area contributed by atoms with Crippen molar-refractivity contribution in [3.8, 4) is 0 Å². The van der Waals surface area contributed by atoms with Crippen molar-refractivity contribution in [2.45, 2.75) is 51.6 Å². The van der Waals surface area contributed by atoms with Gasteiger partial charge in [-0.1, -0.05) is 18.6 Å². The molecule has 0 radical (unpaired) electrons. The zero-order valence-corrected chi connectivity index (χ0v) is 18.9. The maximum absolute atomic E-state index is 13.0. The summed E-state index contributed by atoms with van der Waals surface area (Å²) in [5.41, 5.74) is 9.73. The normalized spacial score (nSPS) is 29.3. The lowest BCUT2D eigenvalue weighted by molar-refractivity contribution is -0.122. The summed E-state index contributed by atoms with van der Waals surface area (Å²) in [6.07, 6.45) is 5.57. The quantitative estimate of drug-likeness (QED) is 0.742. The molecule has 3 fully saturated rings. The van der Waals surface area contributed by atoms with Gasteiger partial charge < -0.3 is 15.8 Å². The molecule has 4 rings (SSSR count). The molecule has 29 heavy (non-hydrogen) atoms. The lowest BCUT2D eigenvalue weighted by atomic mass is 9.65. The monoisotopic (exact) mass is 443 g/mol. The van der Waals surface area contributed by atoms with Crippen LogP contribution in [-0.4, -0.2) is 43.2 Å². The molecule has 0 aromatic heterocycles. The Balaban J connectivity index is 0.00000150. The molecule has 1 saturated heterocycles. The van der Waals surface area contributed by atoms with Gasteiger partial charge in [-0.15, -0.1) is 24.8 Å². The van der Waals surface area contributed by atoms with Crippen molar-refractivity contribution in [1.29, 1.82) is 0 Å². The van der Waals surface area contributed by atoms with Crippen LogP contribution in [-0.2, 0) is 16.1 Å². The number of halogens is 2. The summed E-state index contributed by atoms with van der Waals surface area (Å²) in [4.78, 5) is 15.4. The molecule has 3 N–H and O–H groups in total. The Morgan fingerprint density at radius 2 is 1.83 bits per heavy atom. The van der Waals surface area contributed by atoms with Crippen LogP contribution in [0, 0.1) is 24.7 Å². The fourth-order valence-corrected chi connectivity index (χ4v) is 5.16. The van der Waals surface area contributed by atoms with E-state index in [-0.39, 0.29) is 36.6 Å². The van der Waals surface area contributed by atoms with Crippen molar-refractivity contribution < 1.29 is 9.53 Å².